The van der Waals surface area contributed by atoms with Crippen molar-refractivity contribution in [1.29, 1.82) is 0 Å². The normalized spacial score (nSPS) is 19.0. The number of para-hydroxylation sites is 1. The summed E-state index contributed by atoms with van der Waals surface area (Å²) in [5, 5.41) is 17.2. The molecular weight excluding hydrogens is 528 g/mol. The molecule has 1 amide bonds. The first kappa shape index (κ1) is 27.4. The van der Waals surface area contributed by atoms with E-state index in [9.17, 15) is 19.7 Å². The number of ether oxygens (including phenoxy) is 2. The first-order chi connectivity index (χ1) is 19.8. The van der Waals surface area contributed by atoms with Crippen LogP contribution in [-0.4, -0.2) is 43.2 Å². The van der Waals surface area contributed by atoms with E-state index in [0.717, 1.165) is 0 Å². The highest BCUT2D eigenvalue weighted by Crippen LogP contribution is 2.45. The van der Waals surface area contributed by atoms with E-state index in [1.165, 1.54) is 25.3 Å². The van der Waals surface area contributed by atoms with Crippen LogP contribution in [0.5, 0.6) is 11.5 Å². The molecule has 2 atom stereocenters. The molecule has 3 aromatic rings. The first-order valence-corrected chi connectivity index (χ1v) is 12.9. The zero-order valence-corrected chi connectivity index (χ0v) is 22.9. The van der Waals surface area contributed by atoms with Gasteiger partial charge in [0.05, 0.1) is 36.7 Å². The van der Waals surface area contributed by atoms with E-state index in [-0.39, 0.29) is 28.8 Å². The molecule has 1 aromatic heterocycles. The second kappa shape index (κ2) is 11.1. The van der Waals surface area contributed by atoms with Crippen LogP contribution >= 0.6 is 0 Å². The Morgan fingerprint density at radius 3 is 2.59 bits per heavy atom. The van der Waals surface area contributed by atoms with Gasteiger partial charge in [-0.1, -0.05) is 18.2 Å². The van der Waals surface area contributed by atoms with Crippen LogP contribution in [0, 0.1) is 16.0 Å². The van der Waals surface area contributed by atoms with Crippen molar-refractivity contribution in [3.05, 3.63) is 93.0 Å². The van der Waals surface area contributed by atoms with Gasteiger partial charge < -0.3 is 24.5 Å². The number of aliphatic imine (C=N–C) groups is 1. The van der Waals surface area contributed by atoms with E-state index >= 15 is 0 Å². The molecule has 0 bridgehead atoms. The molecule has 0 spiro atoms. The summed E-state index contributed by atoms with van der Waals surface area (Å²) in [6.07, 6.45) is 1.54. The summed E-state index contributed by atoms with van der Waals surface area (Å²) in [4.78, 5) is 42.4. The summed E-state index contributed by atoms with van der Waals surface area (Å²) in [6, 6.07) is 14.9. The number of carbonyl (C=O) groups is 2. The van der Waals surface area contributed by atoms with Gasteiger partial charge in [0.15, 0.2) is 5.78 Å². The smallest absolute Gasteiger partial charge is 0.273 e. The third-order valence-corrected chi connectivity index (χ3v) is 7.06. The molecule has 2 aliphatic heterocycles. The van der Waals surface area contributed by atoms with Crippen molar-refractivity contribution in [2.24, 2.45) is 10.9 Å². The zero-order valence-electron chi connectivity index (χ0n) is 22.9. The molecule has 2 aliphatic rings. The minimum atomic E-state index is -0.775. The van der Waals surface area contributed by atoms with Crippen LogP contribution in [0.15, 0.2) is 81.0 Å². The van der Waals surface area contributed by atoms with Gasteiger partial charge in [0, 0.05) is 41.4 Å². The van der Waals surface area contributed by atoms with Gasteiger partial charge in [-0.25, -0.2) is 4.99 Å². The van der Waals surface area contributed by atoms with Gasteiger partial charge in [-0.2, -0.15) is 0 Å². The van der Waals surface area contributed by atoms with Gasteiger partial charge in [-0.15, -0.1) is 0 Å². The second-order valence-corrected chi connectivity index (χ2v) is 9.46. The van der Waals surface area contributed by atoms with Crippen molar-refractivity contribution in [2.75, 3.05) is 20.8 Å². The standard InChI is InChI=1S/C30H28N4O7/c1-5-31-30(36)25-16(2)32-29-27(26(25)20-8-6-7-9-22(20)39-3)28(35)21(33-29)15-18-11-13-23(41-18)19-12-10-17(34(37)38)14-24(19)40-4/h6-15,26-27H,5H2,1-4H3,(H,31,36)(H,32,33)/b21-15+. The number of hydrogen-bond donors (Lipinski definition) is 2. The number of allylic oxidation sites excluding steroid dienone is 2. The van der Waals surface area contributed by atoms with Gasteiger partial charge in [-0.3, -0.25) is 19.7 Å². The van der Waals surface area contributed by atoms with Crippen molar-refractivity contribution < 1.29 is 28.4 Å². The summed E-state index contributed by atoms with van der Waals surface area (Å²) in [6.45, 7) is 4.05. The number of ketones is 1. The van der Waals surface area contributed by atoms with E-state index in [1.807, 2.05) is 25.1 Å². The number of nitrogens with one attached hydrogen (secondary N) is 2. The molecule has 0 fully saturated rings. The van der Waals surface area contributed by atoms with E-state index in [1.54, 1.807) is 38.3 Å². The number of amides is 1. The number of amidine groups is 1. The summed E-state index contributed by atoms with van der Waals surface area (Å²) in [5.41, 5.74) is 2.32. The monoisotopic (exact) mass is 556 g/mol. The van der Waals surface area contributed by atoms with E-state index in [4.69, 9.17) is 13.9 Å². The van der Waals surface area contributed by atoms with Crippen molar-refractivity contribution in [3.8, 4) is 22.8 Å². The number of likely N-dealkylation sites (N-methyl/N-ethyl adjacent to an activating group) is 1. The van der Waals surface area contributed by atoms with Gasteiger partial charge >= 0.3 is 0 Å². The van der Waals surface area contributed by atoms with E-state index in [2.05, 4.69) is 15.6 Å². The number of nitro benzene ring substituents is 1. The van der Waals surface area contributed by atoms with Crippen LogP contribution in [-0.2, 0) is 9.59 Å². The van der Waals surface area contributed by atoms with Crippen molar-refractivity contribution in [3.63, 3.8) is 0 Å². The minimum absolute atomic E-state index is 0.109. The molecule has 2 unspecified atom stereocenters. The number of methoxy groups -OCH3 is 2. The molecule has 11 heteroatoms. The average molecular weight is 557 g/mol. The molecule has 0 aliphatic carbocycles. The van der Waals surface area contributed by atoms with Gasteiger partial charge in [0.25, 0.3) is 5.69 Å². The van der Waals surface area contributed by atoms with Gasteiger partial charge in [-0.05, 0) is 38.1 Å². The molecule has 41 heavy (non-hydrogen) atoms. The fourth-order valence-electron chi connectivity index (χ4n) is 5.25. The number of carbonyl (C=O) groups excluding carboxylic acids is 2. The first-order valence-electron chi connectivity index (χ1n) is 12.9. The Morgan fingerprint density at radius 1 is 1.12 bits per heavy atom. The Balaban J connectivity index is 1.53. The molecule has 0 saturated heterocycles. The molecule has 11 nitrogen and oxygen atoms in total. The number of Topliss-reactive ketones (excluding diaryl/α,β-unsaturated/α-hetero) is 1. The summed E-state index contributed by atoms with van der Waals surface area (Å²) in [5.74, 6) is 0.0797. The molecule has 3 heterocycles. The van der Waals surface area contributed by atoms with E-state index in [0.29, 0.717) is 52.0 Å². The summed E-state index contributed by atoms with van der Waals surface area (Å²) < 4.78 is 16.9. The molecule has 2 N–H and O–H groups in total. The lowest BCUT2D eigenvalue weighted by Gasteiger charge is -2.33. The third-order valence-electron chi connectivity index (χ3n) is 7.06. The SMILES string of the molecule is CCNC(=O)C1=C(C)NC2=N/C(=C/c3ccc(-c4ccc([N+](=O)[O-])cc4OC)o3)C(=O)C2C1c1ccccc1OC. The molecule has 210 valence electrons. The molecule has 0 radical (unpaired) electrons. The highest BCUT2D eigenvalue weighted by molar-refractivity contribution is 6.22. The number of benzene rings is 2. The molecule has 0 saturated carbocycles. The Labute approximate surface area is 235 Å². The summed E-state index contributed by atoms with van der Waals surface area (Å²) >= 11 is 0. The number of nitro groups is 1. The topological polar surface area (TPSA) is 145 Å². The number of rotatable bonds is 8. The van der Waals surface area contributed by atoms with E-state index < -0.39 is 16.8 Å². The number of non-ortho nitro benzene ring substituents is 1. The Bertz CT molecular complexity index is 1650. The van der Waals surface area contributed by atoms with Crippen LogP contribution < -0.4 is 20.1 Å². The number of furan rings is 1. The Hall–Kier alpha value is -5.19. The van der Waals surface area contributed by atoms with Crippen LogP contribution in [0.2, 0.25) is 0 Å². The van der Waals surface area contributed by atoms with Gasteiger partial charge in [0.2, 0.25) is 5.91 Å². The largest absolute Gasteiger partial charge is 0.496 e. The third kappa shape index (κ3) is 4.97. The highest BCUT2D eigenvalue weighted by atomic mass is 16.6. The Morgan fingerprint density at radius 2 is 1.88 bits per heavy atom. The van der Waals surface area contributed by atoms with Crippen molar-refractivity contribution in [1.82, 2.24) is 10.6 Å². The number of hydrogen-bond acceptors (Lipinski definition) is 9. The quantitative estimate of drug-likeness (QED) is 0.232. The van der Waals surface area contributed by atoms with Crippen LogP contribution in [0.25, 0.3) is 17.4 Å². The predicted octanol–water partition coefficient (Wildman–Crippen LogP) is 4.61. The fourth-order valence-corrected chi connectivity index (χ4v) is 5.25. The van der Waals surface area contributed by atoms with Crippen molar-refractivity contribution in [2.45, 2.75) is 19.8 Å². The lowest BCUT2D eigenvalue weighted by molar-refractivity contribution is -0.384. The Kier molecular flexibility index (Phi) is 7.43. The lowest BCUT2D eigenvalue weighted by Crippen LogP contribution is -2.44. The fraction of sp³-hybridized carbons (Fsp3) is 0.233. The van der Waals surface area contributed by atoms with Crippen LogP contribution in [0.1, 0.15) is 31.1 Å². The van der Waals surface area contributed by atoms with Gasteiger partial charge in [0.1, 0.15) is 34.6 Å². The molecular formula is C30H28N4O7. The summed E-state index contributed by atoms with van der Waals surface area (Å²) in [7, 11) is 2.97. The minimum Gasteiger partial charge on any atom is -0.496 e. The predicted molar refractivity (Wildman–Crippen MR) is 152 cm³/mol. The van der Waals surface area contributed by atoms with Crippen LogP contribution in [0.3, 0.4) is 0 Å². The molecule has 2 aromatic carbocycles. The average Bonchev–Trinajstić information content (AvgIpc) is 3.55. The second-order valence-electron chi connectivity index (χ2n) is 9.46. The number of nitrogens with zero attached hydrogens (tertiary/aromatic N) is 2. The lowest BCUT2D eigenvalue weighted by atomic mass is 9.74. The zero-order chi connectivity index (χ0) is 29.3. The maximum atomic E-state index is 13.9. The highest BCUT2D eigenvalue weighted by Gasteiger charge is 2.48. The van der Waals surface area contributed by atoms with Crippen LogP contribution in [0.4, 0.5) is 5.69 Å². The maximum absolute atomic E-state index is 13.9. The van der Waals surface area contributed by atoms with Crippen molar-refractivity contribution >= 4 is 29.3 Å². The maximum Gasteiger partial charge on any atom is 0.273 e. The number of fused-ring (bicyclic) bond motifs is 1. The molecule has 5 rings (SSSR count).